The van der Waals surface area contributed by atoms with Crippen LogP contribution in [0.3, 0.4) is 0 Å². The molecule has 1 amide bonds. The quantitative estimate of drug-likeness (QED) is 0.712. The lowest BCUT2D eigenvalue weighted by Crippen LogP contribution is -2.28. The Bertz CT molecular complexity index is 453. The number of carbonyl (C=O) groups excluding carboxylic acids is 1. The van der Waals surface area contributed by atoms with Gasteiger partial charge in [-0.25, -0.2) is 0 Å². The van der Waals surface area contributed by atoms with Crippen LogP contribution in [0.2, 0.25) is 0 Å². The SMILES string of the molecule is CCC(CN)C(=O)Nc1ccc(C(C)CC(=O)O)cc1. The van der Waals surface area contributed by atoms with E-state index in [1.807, 2.05) is 26.0 Å². The van der Waals surface area contributed by atoms with Gasteiger partial charge in [0.1, 0.15) is 0 Å². The Morgan fingerprint density at radius 1 is 1.30 bits per heavy atom. The molecule has 0 radical (unpaired) electrons. The molecule has 110 valence electrons. The summed E-state index contributed by atoms with van der Waals surface area (Å²) < 4.78 is 0. The molecule has 0 aliphatic rings. The van der Waals surface area contributed by atoms with Crippen molar-refractivity contribution < 1.29 is 14.7 Å². The standard InChI is InChI=1S/C15H22N2O3/c1-3-11(9-16)15(20)17-13-6-4-12(5-7-13)10(2)8-14(18)19/h4-7,10-11H,3,8-9,16H2,1-2H3,(H,17,20)(H,18,19). The van der Waals surface area contributed by atoms with Crippen molar-refractivity contribution in [1.29, 1.82) is 0 Å². The normalized spacial score (nSPS) is 13.6. The van der Waals surface area contributed by atoms with Crippen LogP contribution in [0.25, 0.3) is 0 Å². The number of anilines is 1. The third kappa shape index (κ3) is 4.66. The van der Waals surface area contributed by atoms with Gasteiger partial charge in [0.15, 0.2) is 0 Å². The molecule has 0 heterocycles. The van der Waals surface area contributed by atoms with Gasteiger partial charge in [-0.2, -0.15) is 0 Å². The number of hydrogen-bond donors (Lipinski definition) is 3. The minimum Gasteiger partial charge on any atom is -0.481 e. The van der Waals surface area contributed by atoms with Crippen LogP contribution in [0.5, 0.6) is 0 Å². The van der Waals surface area contributed by atoms with Gasteiger partial charge in [0.25, 0.3) is 0 Å². The smallest absolute Gasteiger partial charge is 0.303 e. The highest BCUT2D eigenvalue weighted by atomic mass is 16.4. The third-order valence-electron chi connectivity index (χ3n) is 3.38. The van der Waals surface area contributed by atoms with Crippen molar-refractivity contribution in [1.82, 2.24) is 0 Å². The van der Waals surface area contributed by atoms with Gasteiger partial charge in [-0.05, 0) is 30.0 Å². The molecular formula is C15H22N2O3. The molecule has 0 saturated heterocycles. The zero-order valence-electron chi connectivity index (χ0n) is 11.9. The lowest BCUT2D eigenvalue weighted by Gasteiger charge is -2.14. The molecule has 0 bridgehead atoms. The number of nitrogens with one attached hydrogen (secondary N) is 1. The Morgan fingerprint density at radius 2 is 1.90 bits per heavy atom. The van der Waals surface area contributed by atoms with Crippen molar-refractivity contribution in [3.8, 4) is 0 Å². The summed E-state index contributed by atoms with van der Waals surface area (Å²) in [5.41, 5.74) is 7.17. The van der Waals surface area contributed by atoms with Crippen molar-refractivity contribution in [3.05, 3.63) is 29.8 Å². The van der Waals surface area contributed by atoms with E-state index in [4.69, 9.17) is 10.8 Å². The summed E-state index contributed by atoms with van der Waals surface area (Å²) in [5, 5.41) is 11.6. The second kappa shape index (κ2) is 7.65. The summed E-state index contributed by atoms with van der Waals surface area (Å²) in [6.07, 6.45) is 0.798. The minimum atomic E-state index is -0.816. The summed E-state index contributed by atoms with van der Waals surface area (Å²) in [6, 6.07) is 7.25. The summed E-state index contributed by atoms with van der Waals surface area (Å²) in [4.78, 5) is 22.5. The molecule has 0 aliphatic heterocycles. The molecule has 2 atom stereocenters. The summed E-state index contributed by atoms with van der Waals surface area (Å²) in [6.45, 7) is 4.12. The molecule has 1 aromatic rings. The molecule has 0 aromatic heterocycles. The molecule has 0 aliphatic carbocycles. The fourth-order valence-corrected chi connectivity index (χ4v) is 1.98. The average Bonchev–Trinajstić information content (AvgIpc) is 2.40. The first-order valence-corrected chi connectivity index (χ1v) is 6.80. The Kier molecular flexibility index (Phi) is 6.18. The molecule has 20 heavy (non-hydrogen) atoms. The van der Waals surface area contributed by atoms with Crippen molar-refractivity contribution >= 4 is 17.6 Å². The molecule has 0 saturated carbocycles. The number of benzene rings is 1. The van der Waals surface area contributed by atoms with Crippen LogP contribution in [-0.4, -0.2) is 23.5 Å². The van der Waals surface area contributed by atoms with E-state index in [1.54, 1.807) is 12.1 Å². The van der Waals surface area contributed by atoms with Crippen LogP contribution in [0.4, 0.5) is 5.69 Å². The minimum absolute atomic E-state index is 0.0512. The topological polar surface area (TPSA) is 92.4 Å². The zero-order valence-corrected chi connectivity index (χ0v) is 11.9. The van der Waals surface area contributed by atoms with Crippen molar-refractivity contribution in [2.45, 2.75) is 32.6 Å². The number of rotatable bonds is 7. The van der Waals surface area contributed by atoms with Crippen molar-refractivity contribution in [2.24, 2.45) is 11.7 Å². The van der Waals surface area contributed by atoms with Gasteiger partial charge in [0.05, 0.1) is 12.3 Å². The average molecular weight is 278 g/mol. The number of carboxylic acid groups (broad SMARTS) is 1. The molecule has 1 aromatic carbocycles. The van der Waals surface area contributed by atoms with Gasteiger partial charge >= 0.3 is 5.97 Å². The molecule has 0 fully saturated rings. The number of carbonyl (C=O) groups is 2. The number of carboxylic acids is 1. The largest absolute Gasteiger partial charge is 0.481 e. The Labute approximate surface area is 119 Å². The lowest BCUT2D eigenvalue weighted by molar-refractivity contribution is -0.137. The maximum Gasteiger partial charge on any atom is 0.303 e. The van der Waals surface area contributed by atoms with E-state index in [2.05, 4.69) is 5.32 Å². The first-order chi connectivity index (χ1) is 9.47. The van der Waals surface area contributed by atoms with E-state index in [0.29, 0.717) is 18.7 Å². The second-order valence-electron chi connectivity index (χ2n) is 4.95. The molecule has 4 N–H and O–H groups in total. The predicted octanol–water partition coefficient (Wildman–Crippen LogP) is 2.19. The Morgan fingerprint density at radius 3 is 2.35 bits per heavy atom. The Balaban J connectivity index is 2.67. The first-order valence-electron chi connectivity index (χ1n) is 6.80. The van der Waals surface area contributed by atoms with Crippen LogP contribution in [0, 0.1) is 5.92 Å². The zero-order chi connectivity index (χ0) is 15.1. The van der Waals surface area contributed by atoms with Gasteiger partial charge in [-0.1, -0.05) is 26.0 Å². The molecule has 5 nitrogen and oxygen atoms in total. The maximum absolute atomic E-state index is 11.9. The highest BCUT2D eigenvalue weighted by Crippen LogP contribution is 2.21. The molecular weight excluding hydrogens is 256 g/mol. The van der Waals surface area contributed by atoms with Crippen LogP contribution in [0.1, 0.15) is 38.2 Å². The Hall–Kier alpha value is -1.88. The van der Waals surface area contributed by atoms with E-state index in [-0.39, 0.29) is 24.2 Å². The van der Waals surface area contributed by atoms with Gasteiger partial charge in [-0.15, -0.1) is 0 Å². The molecule has 5 heteroatoms. The summed E-state index contributed by atoms with van der Waals surface area (Å²) >= 11 is 0. The fraction of sp³-hybridized carbons (Fsp3) is 0.467. The maximum atomic E-state index is 11.9. The second-order valence-corrected chi connectivity index (χ2v) is 4.95. The molecule has 2 unspecified atom stereocenters. The highest BCUT2D eigenvalue weighted by molar-refractivity contribution is 5.92. The van der Waals surface area contributed by atoms with Crippen LogP contribution in [-0.2, 0) is 9.59 Å². The third-order valence-corrected chi connectivity index (χ3v) is 3.38. The van der Waals surface area contributed by atoms with Crippen LogP contribution in [0.15, 0.2) is 24.3 Å². The van der Waals surface area contributed by atoms with Crippen molar-refractivity contribution in [3.63, 3.8) is 0 Å². The van der Waals surface area contributed by atoms with E-state index in [1.165, 1.54) is 0 Å². The number of aliphatic carboxylic acids is 1. The van der Waals surface area contributed by atoms with Gasteiger partial charge in [-0.3, -0.25) is 9.59 Å². The molecule has 1 rings (SSSR count). The molecule has 0 spiro atoms. The van der Waals surface area contributed by atoms with Gasteiger partial charge < -0.3 is 16.2 Å². The van der Waals surface area contributed by atoms with Crippen molar-refractivity contribution in [2.75, 3.05) is 11.9 Å². The summed E-state index contributed by atoms with van der Waals surface area (Å²) in [5.74, 6) is -1.13. The summed E-state index contributed by atoms with van der Waals surface area (Å²) in [7, 11) is 0. The van der Waals surface area contributed by atoms with Crippen LogP contribution < -0.4 is 11.1 Å². The predicted molar refractivity (Wildman–Crippen MR) is 78.6 cm³/mol. The monoisotopic (exact) mass is 278 g/mol. The number of hydrogen-bond acceptors (Lipinski definition) is 3. The van der Waals surface area contributed by atoms with E-state index < -0.39 is 5.97 Å². The van der Waals surface area contributed by atoms with Gasteiger partial charge in [0, 0.05) is 12.2 Å². The lowest BCUT2D eigenvalue weighted by atomic mass is 9.97. The van der Waals surface area contributed by atoms with E-state index >= 15 is 0 Å². The van der Waals surface area contributed by atoms with Crippen LogP contribution >= 0.6 is 0 Å². The van der Waals surface area contributed by atoms with Gasteiger partial charge in [0.2, 0.25) is 5.91 Å². The highest BCUT2D eigenvalue weighted by Gasteiger charge is 2.15. The number of nitrogens with two attached hydrogens (primary N) is 1. The first kappa shape index (κ1) is 16.2. The van der Waals surface area contributed by atoms with E-state index in [0.717, 1.165) is 5.56 Å². The fourth-order valence-electron chi connectivity index (χ4n) is 1.98. The van der Waals surface area contributed by atoms with E-state index in [9.17, 15) is 9.59 Å². The number of amides is 1.